The minimum Gasteiger partial charge on any atom is -0.302 e. The molecule has 0 aromatic rings. The molecule has 0 bridgehead atoms. The van der Waals surface area contributed by atoms with Crippen molar-refractivity contribution in [3.05, 3.63) is 0 Å². The lowest BCUT2D eigenvalue weighted by Gasteiger charge is -2.16. The molecule has 1 heterocycles. The van der Waals surface area contributed by atoms with Crippen LogP contribution in [0.25, 0.3) is 0 Å². The van der Waals surface area contributed by atoms with Crippen LogP contribution < -0.4 is 5.43 Å². The van der Waals surface area contributed by atoms with Crippen LogP contribution >= 0.6 is 0 Å². The van der Waals surface area contributed by atoms with Gasteiger partial charge in [0.25, 0.3) is 0 Å². The Kier molecular flexibility index (Phi) is 2.39. The highest BCUT2D eigenvalue weighted by molar-refractivity contribution is 5.58. The molecular formula is C6H10N2O2. The second kappa shape index (κ2) is 3.31. The first-order valence-electron chi connectivity index (χ1n) is 3.30. The van der Waals surface area contributed by atoms with E-state index in [2.05, 4.69) is 5.43 Å². The molecule has 1 amide bonds. The molecule has 0 spiro atoms. The zero-order chi connectivity index (χ0) is 7.40. The summed E-state index contributed by atoms with van der Waals surface area (Å²) in [5.41, 5.74) is 2.47. The number of hydrogen-bond acceptors (Lipinski definition) is 3. The first-order valence-corrected chi connectivity index (χ1v) is 3.30. The van der Waals surface area contributed by atoms with E-state index in [0.29, 0.717) is 6.41 Å². The second-order valence-electron chi connectivity index (χ2n) is 2.29. The highest BCUT2D eigenvalue weighted by Crippen LogP contribution is 2.11. The van der Waals surface area contributed by atoms with Crippen LogP contribution in [-0.2, 0) is 9.59 Å². The summed E-state index contributed by atoms with van der Waals surface area (Å²) in [4.78, 5) is 20.2. The molecule has 1 aliphatic heterocycles. The molecule has 56 valence electrons. The molecule has 1 atom stereocenters. The number of aldehydes is 1. The molecule has 10 heavy (non-hydrogen) atoms. The van der Waals surface area contributed by atoms with E-state index in [1.54, 1.807) is 5.01 Å². The number of hydrogen-bond donors (Lipinski definition) is 1. The summed E-state index contributed by atoms with van der Waals surface area (Å²) < 4.78 is 0. The number of nitrogens with zero attached hydrogens (tertiary/aromatic N) is 1. The monoisotopic (exact) mass is 142 g/mol. The van der Waals surface area contributed by atoms with Gasteiger partial charge in [-0.3, -0.25) is 10.2 Å². The zero-order valence-corrected chi connectivity index (χ0v) is 5.62. The molecule has 1 aliphatic rings. The van der Waals surface area contributed by atoms with E-state index in [1.165, 1.54) is 0 Å². The molecule has 1 rings (SSSR count). The normalized spacial score (nSPS) is 26.2. The molecule has 1 N–H and O–H groups in total. The maximum atomic E-state index is 10.3. The summed E-state index contributed by atoms with van der Waals surface area (Å²) in [6, 6.07) is -0.106. The van der Waals surface area contributed by atoms with E-state index in [4.69, 9.17) is 0 Å². The first-order chi connectivity index (χ1) is 4.88. The van der Waals surface area contributed by atoms with Crippen molar-refractivity contribution in [3.8, 4) is 0 Å². The van der Waals surface area contributed by atoms with E-state index < -0.39 is 0 Å². The first kappa shape index (κ1) is 7.21. The molecule has 0 aromatic heterocycles. The van der Waals surface area contributed by atoms with E-state index in [-0.39, 0.29) is 6.04 Å². The Morgan fingerprint density at radius 2 is 2.30 bits per heavy atom. The zero-order valence-electron chi connectivity index (χ0n) is 5.62. The molecule has 1 saturated heterocycles. The van der Waals surface area contributed by atoms with Gasteiger partial charge in [-0.05, 0) is 12.8 Å². The molecule has 0 saturated carbocycles. The minimum atomic E-state index is -0.106. The summed E-state index contributed by atoms with van der Waals surface area (Å²) >= 11 is 0. The van der Waals surface area contributed by atoms with Crippen molar-refractivity contribution < 1.29 is 9.59 Å². The minimum absolute atomic E-state index is 0.106. The van der Waals surface area contributed by atoms with Gasteiger partial charge in [-0.2, -0.15) is 0 Å². The van der Waals surface area contributed by atoms with Crippen LogP contribution in [0.2, 0.25) is 0 Å². The average Bonchev–Trinajstić information content (AvgIpc) is 2.36. The van der Waals surface area contributed by atoms with Crippen molar-refractivity contribution in [1.29, 1.82) is 0 Å². The molecule has 0 aliphatic carbocycles. The lowest BCUT2D eigenvalue weighted by atomic mass is 10.2. The fourth-order valence-corrected chi connectivity index (χ4v) is 1.16. The van der Waals surface area contributed by atoms with Crippen LogP contribution in [-0.4, -0.2) is 30.3 Å². The van der Waals surface area contributed by atoms with Gasteiger partial charge < -0.3 is 4.79 Å². The smallest absolute Gasteiger partial charge is 0.221 e. The van der Waals surface area contributed by atoms with E-state index in [9.17, 15) is 9.59 Å². The number of carbonyl (C=O) groups excluding carboxylic acids is 2. The standard InChI is InChI=1S/C6H10N2O2/c9-4-6-2-1-3-8(6)7-5-10/h4-6H,1-3H2,(H,7,10)/t6-/m0/s1. The number of carbonyl (C=O) groups is 2. The van der Waals surface area contributed by atoms with Crippen molar-refractivity contribution in [2.45, 2.75) is 18.9 Å². The lowest BCUT2D eigenvalue weighted by Crippen LogP contribution is -2.41. The van der Waals surface area contributed by atoms with Gasteiger partial charge >= 0.3 is 0 Å². The van der Waals surface area contributed by atoms with E-state index in [0.717, 1.165) is 25.7 Å². The predicted molar refractivity (Wildman–Crippen MR) is 35.0 cm³/mol. The van der Waals surface area contributed by atoms with Gasteiger partial charge in [-0.25, -0.2) is 5.01 Å². The van der Waals surface area contributed by atoms with Crippen molar-refractivity contribution in [2.24, 2.45) is 0 Å². The van der Waals surface area contributed by atoms with Gasteiger partial charge in [0.1, 0.15) is 6.29 Å². The molecular weight excluding hydrogens is 132 g/mol. The van der Waals surface area contributed by atoms with Crippen molar-refractivity contribution >= 4 is 12.7 Å². The number of nitrogens with one attached hydrogen (secondary N) is 1. The summed E-state index contributed by atoms with van der Waals surface area (Å²) in [6.45, 7) is 0.780. The largest absolute Gasteiger partial charge is 0.302 e. The third-order valence-corrected chi connectivity index (χ3v) is 1.67. The summed E-state index contributed by atoms with van der Waals surface area (Å²) in [6.07, 6.45) is 3.29. The number of rotatable bonds is 3. The highest BCUT2D eigenvalue weighted by Gasteiger charge is 2.22. The van der Waals surface area contributed by atoms with Crippen LogP contribution in [0.3, 0.4) is 0 Å². The molecule has 4 heteroatoms. The molecule has 0 unspecified atom stereocenters. The van der Waals surface area contributed by atoms with Gasteiger partial charge in [0, 0.05) is 6.54 Å². The maximum absolute atomic E-state index is 10.3. The topological polar surface area (TPSA) is 49.4 Å². The van der Waals surface area contributed by atoms with Gasteiger partial charge in [-0.1, -0.05) is 0 Å². The summed E-state index contributed by atoms with van der Waals surface area (Å²) in [5, 5.41) is 1.65. The Hall–Kier alpha value is -0.900. The fraction of sp³-hybridized carbons (Fsp3) is 0.667. The van der Waals surface area contributed by atoms with Gasteiger partial charge in [0.15, 0.2) is 0 Å². The van der Waals surface area contributed by atoms with Crippen LogP contribution in [0.4, 0.5) is 0 Å². The van der Waals surface area contributed by atoms with Crippen LogP contribution in [0.1, 0.15) is 12.8 Å². The SMILES string of the molecule is O=CNN1CCC[C@H]1C=O. The maximum Gasteiger partial charge on any atom is 0.221 e. The third kappa shape index (κ3) is 1.33. The van der Waals surface area contributed by atoms with E-state index >= 15 is 0 Å². The van der Waals surface area contributed by atoms with Crippen molar-refractivity contribution in [3.63, 3.8) is 0 Å². The average molecular weight is 142 g/mol. The van der Waals surface area contributed by atoms with Crippen LogP contribution in [0, 0.1) is 0 Å². The Morgan fingerprint density at radius 3 is 2.90 bits per heavy atom. The summed E-state index contributed by atoms with van der Waals surface area (Å²) in [7, 11) is 0. The third-order valence-electron chi connectivity index (χ3n) is 1.67. The number of amides is 1. The fourth-order valence-electron chi connectivity index (χ4n) is 1.16. The lowest BCUT2D eigenvalue weighted by molar-refractivity contribution is -0.117. The molecule has 0 aromatic carbocycles. The summed E-state index contributed by atoms with van der Waals surface area (Å²) in [5.74, 6) is 0. The Labute approximate surface area is 59.2 Å². The molecule has 0 radical (unpaired) electrons. The van der Waals surface area contributed by atoms with Crippen molar-refractivity contribution in [1.82, 2.24) is 10.4 Å². The Morgan fingerprint density at radius 1 is 1.50 bits per heavy atom. The van der Waals surface area contributed by atoms with Crippen molar-refractivity contribution in [2.75, 3.05) is 6.54 Å². The molecule has 4 nitrogen and oxygen atoms in total. The Balaban J connectivity index is 2.41. The van der Waals surface area contributed by atoms with Crippen LogP contribution in [0.15, 0.2) is 0 Å². The van der Waals surface area contributed by atoms with Crippen LogP contribution in [0.5, 0.6) is 0 Å². The van der Waals surface area contributed by atoms with E-state index in [1.807, 2.05) is 0 Å². The van der Waals surface area contributed by atoms with Gasteiger partial charge in [0.05, 0.1) is 6.04 Å². The molecule has 1 fully saturated rings. The number of hydrazine groups is 1. The van der Waals surface area contributed by atoms with Gasteiger partial charge in [0.2, 0.25) is 6.41 Å². The van der Waals surface area contributed by atoms with Gasteiger partial charge in [-0.15, -0.1) is 0 Å². The quantitative estimate of drug-likeness (QED) is 0.531. The highest BCUT2D eigenvalue weighted by atomic mass is 16.1. The second-order valence-corrected chi connectivity index (χ2v) is 2.29. The predicted octanol–water partition coefficient (Wildman–Crippen LogP) is -0.689. The Bertz CT molecular complexity index is 138.